The minimum Gasteiger partial charge on any atom is -0.497 e. The molecule has 1 aromatic carbocycles. The third-order valence-corrected chi connectivity index (χ3v) is 5.41. The Kier molecular flexibility index (Phi) is 5.77. The molecular weight excluding hydrogens is 380 g/mol. The lowest BCUT2D eigenvalue weighted by atomic mass is 10.2. The quantitative estimate of drug-likeness (QED) is 0.553. The number of rotatable bonds is 7. The summed E-state index contributed by atoms with van der Waals surface area (Å²) < 4.78 is 18.1. The van der Waals surface area contributed by atoms with Gasteiger partial charge >= 0.3 is 0 Å². The number of hydrogen-bond donors (Lipinski definition) is 0. The van der Waals surface area contributed by atoms with Crippen LogP contribution in [0.2, 0.25) is 0 Å². The SMILES string of the molecule is CCn1c(SCc2noc(-c3ccc(OC)cc3)n2)nnc1N1CCOCC1. The number of hydrogen-bond acceptors (Lipinski definition) is 9. The van der Waals surface area contributed by atoms with Crippen LogP contribution in [-0.4, -0.2) is 58.3 Å². The highest BCUT2D eigenvalue weighted by atomic mass is 32.2. The second-order valence-electron chi connectivity index (χ2n) is 6.16. The molecule has 1 aliphatic rings. The summed E-state index contributed by atoms with van der Waals surface area (Å²) in [5.74, 6) is 3.34. The minimum absolute atomic E-state index is 0.490. The molecule has 1 aliphatic heterocycles. The normalized spacial score (nSPS) is 14.4. The van der Waals surface area contributed by atoms with Crippen LogP contribution in [-0.2, 0) is 17.0 Å². The zero-order valence-corrected chi connectivity index (χ0v) is 16.7. The van der Waals surface area contributed by atoms with Gasteiger partial charge in [-0.3, -0.25) is 4.57 Å². The van der Waals surface area contributed by atoms with Crippen LogP contribution >= 0.6 is 11.8 Å². The zero-order chi connectivity index (χ0) is 19.3. The molecule has 3 heterocycles. The first-order chi connectivity index (χ1) is 13.8. The van der Waals surface area contributed by atoms with E-state index in [9.17, 15) is 0 Å². The van der Waals surface area contributed by atoms with E-state index in [0.29, 0.717) is 17.5 Å². The highest BCUT2D eigenvalue weighted by Gasteiger charge is 2.20. The van der Waals surface area contributed by atoms with E-state index in [0.717, 1.165) is 55.3 Å². The standard InChI is InChI=1S/C18H22N6O3S/c1-3-24-17(23-8-10-26-11-9-23)20-21-18(24)28-12-15-19-16(27-22-15)13-4-6-14(25-2)7-5-13/h4-7H,3,8-12H2,1-2H3. The molecule has 0 atom stereocenters. The Bertz CT molecular complexity index is 904. The first-order valence-electron chi connectivity index (χ1n) is 9.14. The van der Waals surface area contributed by atoms with Gasteiger partial charge in [0.1, 0.15) is 5.75 Å². The summed E-state index contributed by atoms with van der Waals surface area (Å²) in [7, 11) is 1.64. The molecular formula is C18H22N6O3S. The van der Waals surface area contributed by atoms with E-state index < -0.39 is 0 Å². The van der Waals surface area contributed by atoms with E-state index >= 15 is 0 Å². The van der Waals surface area contributed by atoms with Crippen molar-refractivity contribution in [2.24, 2.45) is 0 Å². The Balaban J connectivity index is 1.43. The van der Waals surface area contributed by atoms with Gasteiger partial charge in [0.25, 0.3) is 5.89 Å². The Morgan fingerprint density at radius 2 is 1.93 bits per heavy atom. The van der Waals surface area contributed by atoms with E-state index in [1.165, 1.54) is 0 Å². The summed E-state index contributed by atoms with van der Waals surface area (Å²) >= 11 is 1.55. The van der Waals surface area contributed by atoms with Gasteiger partial charge in [-0.15, -0.1) is 10.2 Å². The van der Waals surface area contributed by atoms with Crippen LogP contribution in [0.5, 0.6) is 5.75 Å². The molecule has 9 nitrogen and oxygen atoms in total. The molecule has 0 unspecified atom stereocenters. The summed E-state index contributed by atoms with van der Waals surface area (Å²) in [6, 6.07) is 7.52. The summed E-state index contributed by atoms with van der Waals surface area (Å²) in [5, 5.41) is 13.7. The van der Waals surface area contributed by atoms with Gasteiger partial charge < -0.3 is 18.9 Å². The molecule has 3 aromatic rings. The van der Waals surface area contributed by atoms with E-state index in [1.807, 2.05) is 24.3 Å². The van der Waals surface area contributed by atoms with Crippen molar-refractivity contribution in [3.05, 3.63) is 30.1 Å². The largest absolute Gasteiger partial charge is 0.497 e. The van der Waals surface area contributed by atoms with Crippen molar-refractivity contribution in [1.29, 1.82) is 0 Å². The summed E-state index contributed by atoms with van der Waals surface area (Å²) in [6.07, 6.45) is 0. The topological polar surface area (TPSA) is 91.3 Å². The van der Waals surface area contributed by atoms with Crippen LogP contribution in [0.4, 0.5) is 5.95 Å². The first kappa shape index (κ1) is 18.8. The van der Waals surface area contributed by atoms with Crippen molar-refractivity contribution in [3.8, 4) is 17.2 Å². The van der Waals surface area contributed by atoms with Crippen LogP contribution in [0.3, 0.4) is 0 Å². The van der Waals surface area contributed by atoms with E-state index in [1.54, 1.807) is 18.9 Å². The number of thioether (sulfide) groups is 1. The molecule has 0 N–H and O–H groups in total. The van der Waals surface area contributed by atoms with Crippen LogP contribution in [0.1, 0.15) is 12.7 Å². The maximum absolute atomic E-state index is 5.42. The van der Waals surface area contributed by atoms with Gasteiger partial charge in [0.2, 0.25) is 5.95 Å². The van der Waals surface area contributed by atoms with E-state index in [-0.39, 0.29) is 0 Å². The second-order valence-corrected chi connectivity index (χ2v) is 7.10. The van der Waals surface area contributed by atoms with Crippen molar-refractivity contribution >= 4 is 17.7 Å². The number of ether oxygens (including phenoxy) is 2. The van der Waals surface area contributed by atoms with Crippen LogP contribution < -0.4 is 9.64 Å². The van der Waals surface area contributed by atoms with Gasteiger partial charge in [-0.25, -0.2) is 0 Å². The molecule has 0 radical (unpaired) electrons. The molecule has 0 amide bonds. The van der Waals surface area contributed by atoms with Crippen molar-refractivity contribution in [2.75, 3.05) is 38.3 Å². The van der Waals surface area contributed by atoms with Gasteiger partial charge in [-0.1, -0.05) is 16.9 Å². The zero-order valence-electron chi connectivity index (χ0n) is 15.9. The van der Waals surface area contributed by atoms with Gasteiger partial charge in [-0.05, 0) is 31.2 Å². The van der Waals surface area contributed by atoms with Crippen molar-refractivity contribution < 1.29 is 14.0 Å². The molecule has 0 spiro atoms. The number of methoxy groups -OCH3 is 1. The predicted octanol–water partition coefficient (Wildman–Crippen LogP) is 2.49. The highest BCUT2D eigenvalue weighted by Crippen LogP contribution is 2.26. The van der Waals surface area contributed by atoms with Gasteiger partial charge in [0.15, 0.2) is 11.0 Å². The molecule has 0 saturated carbocycles. The molecule has 2 aromatic heterocycles. The molecule has 1 fully saturated rings. The lowest BCUT2D eigenvalue weighted by Crippen LogP contribution is -2.38. The van der Waals surface area contributed by atoms with Crippen molar-refractivity contribution in [1.82, 2.24) is 24.9 Å². The lowest BCUT2D eigenvalue weighted by Gasteiger charge is -2.27. The molecule has 10 heteroatoms. The van der Waals surface area contributed by atoms with E-state index in [2.05, 4.69) is 36.7 Å². The van der Waals surface area contributed by atoms with Gasteiger partial charge in [0, 0.05) is 25.2 Å². The lowest BCUT2D eigenvalue weighted by molar-refractivity contribution is 0.121. The Hall–Kier alpha value is -2.59. The van der Waals surface area contributed by atoms with Crippen molar-refractivity contribution in [3.63, 3.8) is 0 Å². The number of nitrogens with zero attached hydrogens (tertiary/aromatic N) is 6. The average Bonchev–Trinajstić information content (AvgIpc) is 3.39. The fourth-order valence-electron chi connectivity index (χ4n) is 2.95. The average molecular weight is 402 g/mol. The number of morpholine rings is 1. The molecule has 1 saturated heterocycles. The van der Waals surface area contributed by atoms with Crippen LogP contribution in [0.25, 0.3) is 11.5 Å². The van der Waals surface area contributed by atoms with Crippen molar-refractivity contribution in [2.45, 2.75) is 24.4 Å². The predicted molar refractivity (Wildman–Crippen MR) is 105 cm³/mol. The fourth-order valence-corrected chi connectivity index (χ4v) is 3.79. The highest BCUT2D eigenvalue weighted by molar-refractivity contribution is 7.98. The van der Waals surface area contributed by atoms with Crippen LogP contribution in [0, 0.1) is 0 Å². The molecule has 148 valence electrons. The maximum atomic E-state index is 5.42. The molecule has 0 bridgehead atoms. The Labute approximate surface area is 167 Å². The van der Waals surface area contributed by atoms with Gasteiger partial charge in [0.05, 0.1) is 26.1 Å². The Morgan fingerprint density at radius 3 is 2.64 bits per heavy atom. The summed E-state index contributed by atoms with van der Waals surface area (Å²) in [4.78, 5) is 6.69. The van der Waals surface area contributed by atoms with E-state index in [4.69, 9.17) is 14.0 Å². The van der Waals surface area contributed by atoms with Crippen LogP contribution in [0.15, 0.2) is 33.9 Å². The minimum atomic E-state index is 0.490. The molecule has 4 rings (SSSR count). The Morgan fingerprint density at radius 1 is 1.14 bits per heavy atom. The second kappa shape index (κ2) is 8.61. The molecule has 0 aliphatic carbocycles. The number of benzene rings is 1. The fraction of sp³-hybridized carbons (Fsp3) is 0.444. The summed E-state index contributed by atoms with van der Waals surface area (Å²) in [5.41, 5.74) is 0.857. The number of anilines is 1. The smallest absolute Gasteiger partial charge is 0.257 e. The molecule has 28 heavy (non-hydrogen) atoms. The number of aromatic nitrogens is 5. The third-order valence-electron chi connectivity index (χ3n) is 4.44. The third kappa shape index (κ3) is 3.97. The monoisotopic (exact) mass is 402 g/mol. The summed E-state index contributed by atoms with van der Waals surface area (Å²) in [6.45, 7) is 5.99. The van der Waals surface area contributed by atoms with Gasteiger partial charge in [-0.2, -0.15) is 4.98 Å². The maximum Gasteiger partial charge on any atom is 0.257 e. The first-order valence-corrected chi connectivity index (χ1v) is 10.1.